The fourth-order valence-electron chi connectivity index (χ4n) is 0.816. The average Bonchev–Trinajstić information content (AvgIpc) is 1.94. The molecule has 0 N–H and O–H groups in total. The molecule has 1 heterocycles. The number of aromatic nitrogens is 1. The van der Waals surface area contributed by atoms with Gasteiger partial charge in [-0.15, -0.1) is 0 Å². The van der Waals surface area contributed by atoms with Crippen LogP contribution in [0, 0.1) is 19.2 Å². The largest absolute Gasteiger partial charge is 0.258 e. The molecule has 1 radical (unpaired) electrons. The number of pyridine rings is 1. The van der Waals surface area contributed by atoms with Crippen LogP contribution in [0.5, 0.6) is 0 Å². The summed E-state index contributed by atoms with van der Waals surface area (Å²) < 4.78 is 12.5. The molecule has 0 unspecified atom stereocenters. The Bertz CT molecular complexity index is 233. The number of hydrogen-bond acceptors (Lipinski definition) is 1. The van der Waals surface area contributed by atoms with Crippen molar-refractivity contribution in [3.05, 3.63) is 35.8 Å². The van der Waals surface area contributed by atoms with E-state index in [-0.39, 0.29) is 5.82 Å². The van der Waals surface area contributed by atoms with Crippen molar-refractivity contribution in [2.45, 2.75) is 13.8 Å². The zero-order valence-corrected chi connectivity index (χ0v) is 6.06. The normalized spacial score (nSPS) is 9.90. The molecule has 0 bridgehead atoms. The molecule has 53 valence electrons. The lowest BCUT2D eigenvalue weighted by molar-refractivity contribution is 0.619. The third-order valence-corrected chi connectivity index (χ3v) is 1.40. The van der Waals surface area contributed by atoms with Gasteiger partial charge in [-0.25, -0.2) is 4.39 Å². The van der Waals surface area contributed by atoms with Gasteiger partial charge in [0.15, 0.2) is 0 Å². The molecule has 1 nitrogen and oxygen atoms in total. The summed E-state index contributed by atoms with van der Waals surface area (Å²) in [6.45, 7) is 3.72. The molecule has 0 aromatic carbocycles. The van der Waals surface area contributed by atoms with Crippen LogP contribution in [0.2, 0.25) is 0 Å². The fraction of sp³-hybridized carbons (Fsp3) is 0.250. The summed E-state index contributed by atoms with van der Waals surface area (Å²) in [6, 6.07) is 1.47. The van der Waals surface area contributed by atoms with Crippen molar-refractivity contribution in [1.29, 1.82) is 0 Å². The van der Waals surface area contributed by atoms with Crippen LogP contribution in [0.25, 0.3) is 0 Å². The van der Waals surface area contributed by atoms with Crippen LogP contribution in [-0.4, -0.2) is 4.98 Å². The lowest BCUT2D eigenvalue weighted by Crippen LogP contribution is -1.89. The average molecular weight is 138 g/mol. The van der Waals surface area contributed by atoms with Gasteiger partial charge in [0.1, 0.15) is 5.82 Å². The van der Waals surface area contributed by atoms with E-state index >= 15 is 0 Å². The van der Waals surface area contributed by atoms with E-state index < -0.39 is 0 Å². The van der Waals surface area contributed by atoms with Crippen molar-refractivity contribution in [2.75, 3.05) is 0 Å². The summed E-state index contributed by atoms with van der Waals surface area (Å²) in [5.41, 5.74) is 1.73. The standard InChI is InChI=1S/C8H9FN/c1-3-7-4-8(9)5-10-6(7)2/h3-5H,1-2H3. The first-order chi connectivity index (χ1) is 4.74. The minimum atomic E-state index is -0.279. The Hall–Kier alpha value is -0.920. The van der Waals surface area contributed by atoms with Crippen molar-refractivity contribution in [3.63, 3.8) is 0 Å². The first-order valence-corrected chi connectivity index (χ1v) is 3.15. The van der Waals surface area contributed by atoms with Gasteiger partial charge in [0.05, 0.1) is 6.20 Å². The van der Waals surface area contributed by atoms with E-state index in [0.29, 0.717) is 0 Å². The fourth-order valence-corrected chi connectivity index (χ4v) is 0.816. The highest BCUT2D eigenvalue weighted by Crippen LogP contribution is 2.07. The molecule has 0 saturated heterocycles. The lowest BCUT2D eigenvalue weighted by Gasteiger charge is -1.98. The maximum atomic E-state index is 12.5. The number of rotatable bonds is 1. The van der Waals surface area contributed by atoms with Crippen molar-refractivity contribution < 1.29 is 4.39 Å². The van der Waals surface area contributed by atoms with E-state index in [1.807, 2.05) is 20.3 Å². The number of aryl methyl sites for hydroxylation is 1. The van der Waals surface area contributed by atoms with E-state index in [2.05, 4.69) is 4.98 Å². The molecule has 0 aliphatic rings. The Morgan fingerprint density at radius 3 is 2.80 bits per heavy atom. The van der Waals surface area contributed by atoms with Crippen molar-refractivity contribution in [1.82, 2.24) is 4.98 Å². The maximum absolute atomic E-state index is 12.5. The molecule has 0 atom stereocenters. The molecule has 0 amide bonds. The van der Waals surface area contributed by atoms with Crippen molar-refractivity contribution >= 4 is 0 Å². The molecule has 1 rings (SSSR count). The van der Waals surface area contributed by atoms with Gasteiger partial charge in [0, 0.05) is 5.69 Å². The molecule has 1 aromatic rings. The smallest absolute Gasteiger partial charge is 0.141 e. The van der Waals surface area contributed by atoms with Gasteiger partial charge in [-0.2, -0.15) is 0 Å². The van der Waals surface area contributed by atoms with Crippen LogP contribution < -0.4 is 0 Å². The first-order valence-electron chi connectivity index (χ1n) is 3.15. The number of halogens is 1. The molecule has 0 aliphatic heterocycles. The summed E-state index contributed by atoms with van der Waals surface area (Å²) in [6.07, 6.45) is 3.06. The summed E-state index contributed by atoms with van der Waals surface area (Å²) >= 11 is 0. The highest BCUT2D eigenvalue weighted by Gasteiger charge is 1.97. The number of nitrogens with zero attached hydrogens (tertiary/aromatic N) is 1. The van der Waals surface area contributed by atoms with E-state index in [1.165, 1.54) is 12.3 Å². The molecule has 1 aromatic heterocycles. The highest BCUT2D eigenvalue weighted by atomic mass is 19.1. The molecule has 0 aliphatic carbocycles. The Morgan fingerprint density at radius 2 is 2.30 bits per heavy atom. The minimum Gasteiger partial charge on any atom is -0.258 e. The van der Waals surface area contributed by atoms with Gasteiger partial charge in [-0.1, -0.05) is 6.92 Å². The van der Waals surface area contributed by atoms with Gasteiger partial charge >= 0.3 is 0 Å². The van der Waals surface area contributed by atoms with Gasteiger partial charge < -0.3 is 0 Å². The molecule has 0 spiro atoms. The molecular formula is C8H9FN. The van der Waals surface area contributed by atoms with Crippen LogP contribution in [0.3, 0.4) is 0 Å². The van der Waals surface area contributed by atoms with Crippen molar-refractivity contribution in [3.8, 4) is 0 Å². The van der Waals surface area contributed by atoms with E-state index in [4.69, 9.17) is 0 Å². The topological polar surface area (TPSA) is 12.9 Å². The Balaban J connectivity index is 3.09. The zero-order chi connectivity index (χ0) is 7.56. The SMILES string of the molecule is C[CH]c1cc(F)cnc1C. The quantitative estimate of drug-likeness (QED) is 0.579. The first kappa shape index (κ1) is 7.19. The molecule has 0 saturated carbocycles. The predicted molar refractivity (Wildman–Crippen MR) is 38.0 cm³/mol. The van der Waals surface area contributed by atoms with E-state index in [9.17, 15) is 4.39 Å². The third-order valence-electron chi connectivity index (χ3n) is 1.40. The third kappa shape index (κ3) is 1.32. The lowest BCUT2D eigenvalue weighted by atomic mass is 10.1. The van der Waals surface area contributed by atoms with E-state index in [1.54, 1.807) is 0 Å². The summed E-state index contributed by atoms with van der Waals surface area (Å²) in [5.74, 6) is -0.279. The van der Waals surface area contributed by atoms with Crippen LogP contribution in [0.15, 0.2) is 12.3 Å². The second-order valence-corrected chi connectivity index (χ2v) is 2.12. The second-order valence-electron chi connectivity index (χ2n) is 2.12. The minimum absolute atomic E-state index is 0.279. The molecule has 0 fully saturated rings. The van der Waals surface area contributed by atoms with Crippen molar-refractivity contribution in [2.24, 2.45) is 0 Å². The molecule has 10 heavy (non-hydrogen) atoms. The highest BCUT2D eigenvalue weighted by molar-refractivity contribution is 5.25. The summed E-state index contributed by atoms with van der Waals surface area (Å²) in [4.78, 5) is 3.84. The zero-order valence-electron chi connectivity index (χ0n) is 6.06. The summed E-state index contributed by atoms with van der Waals surface area (Å²) in [5, 5.41) is 0. The maximum Gasteiger partial charge on any atom is 0.141 e. The second kappa shape index (κ2) is 2.78. The van der Waals surface area contributed by atoms with Crippen LogP contribution in [0.4, 0.5) is 4.39 Å². The van der Waals surface area contributed by atoms with Gasteiger partial charge in [-0.3, -0.25) is 4.98 Å². The Kier molecular flexibility index (Phi) is 2.00. The van der Waals surface area contributed by atoms with Gasteiger partial charge in [0.25, 0.3) is 0 Å². The summed E-state index contributed by atoms with van der Waals surface area (Å²) in [7, 11) is 0. The number of hydrogen-bond donors (Lipinski definition) is 0. The molecule has 2 heteroatoms. The van der Waals surface area contributed by atoms with Crippen LogP contribution >= 0.6 is 0 Å². The molecular weight excluding hydrogens is 129 g/mol. The predicted octanol–water partition coefficient (Wildman–Crippen LogP) is 2.10. The Labute approximate surface area is 59.9 Å². The van der Waals surface area contributed by atoms with E-state index in [0.717, 1.165) is 11.3 Å². The Morgan fingerprint density at radius 1 is 1.60 bits per heavy atom. The van der Waals surface area contributed by atoms with Crippen LogP contribution in [0.1, 0.15) is 18.2 Å². The van der Waals surface area contributed by atoms with Gasteiger partial charge in [0.2, 0.25) is 0 Å². The van der Waals surface area contributed by atoms with Crippen LogP contribution in [-0.2, 0) is 0 Å². The van der Waals surface area contributed by atoms with Gasteiger partial charge in [-0.05, 0) is 25.0 Å². The monoisotopic (exact) mass is 138 g/mol.